The van der Waals surface area contributed by atoms with Crippen molar-refractivity contribution >= 4 is 41.7 Å². The Hall–Kier alpha value is -0.470. The summed E-state index contributed by atoms with van der Waals surface area (Å²) in [5.41, 5.74) is 1.31. The smallest absolute Gasteiger partial charge is 0.193 e. The van der Waals surface area contributed by atoms with E-state index in [9.17, 15) is 0 Å². The molecule has 0 radical (unpaired) electrons. The van der Waals surface area contributed by atoms with Crippen LogP contribution >= 0.6 is 35.7 Å². The monoisotopic (exact) mass is 476 g/mol. The summed E-state index contributed by atoms with van der Waals surface area (Å²) in [7, 11) is 3.96. The van der Waals surface area contributed by atoms with Crippen molar-refractivity contribution in [1.82, 2.24) is 15.1 Å². The standard InChI is InChI=1S/C19H32N4S.HI/c1-20-19(21-12-4-5-13-23-14-6-7-15-23)22(2)16-17-8-10-18(24-3)11-9-17;/h8-11H,4-7,12-16H2,1-3H3,(H,20,21);1H. The minimum Gasteiger partial charge on any atom is -0.356 e. The largest absolute Gasteiger partial charge is 0.356 e. The summed E-state index contributed by atoms with van der Waals surface area (Å²) in [5, 5.41) is 3.49. The highest BCUT2D eigenvalue weighted by atomic mass is 127. The summed E-state index contributed by atoms with van der Waals surface area (Å²) < 4.78 is 0. The summed E-state index contributed by atoms with van der Waals surface area (Å²) in [4.78, 5) is 10.5. The lowest BCUT2D eigenvalue weighted by molar-refractivity contribution is 0.330. The second-order valence-electron chi connectivity index (χ2n) is 6.43. The van der Waals surface area contributed by atoms with Gasteiger partial charge >= 0.3 is 0 Å². The van der Waals surface area contributed by atoms with Gasteiger partial charge in [-0.25, -0.2) is 0 Å². The number of thioether (sulfide) groups is 1. The number of hydrogen-bond acceptors (Lipinski definition) is 3. The normalized spacial score (nSPS) is 15.1. The summed E-state index contributed by atoms with van der Waals surface area (Å²) >= 11 is 1.78. The maximum atomic E-state index is 4.41. The molecule has 4 nitrogen and oxygen atoms in total. The molecule has 0 atom stereocenters. The fourth-order valence-corrected chi connectivity index (χ4v) is 3.54. The van der Waals surface area contributed by atoms with Crippen LogP contribution in [0.4, 0.5) is 0 Å². The zero-order valence-corrected chi connectivity index (χ0v) is 19.0. The summed E-state index contributed by atoms with van der Waals surface area (Å²) in [6.07, 6.45) is 7.34. The number of hydrogen-bond donors (Lipinski definition) is 1. The number of benzene rings is 1. The maximum Gasteiger partial charge on any atom is 0.193 e. The molecule has 0 bridgehead atoms. The molecule has 1 aliphatic rings. The second-order valence-corrected chi connectivity index (χ2v) is 7.31. The first kappa shape index (κ1) is 22.6. The molecule has 1 aliphatic heterocycles. The Balaban J connectivity index is 0.00000312. The predicted octanol–water partition coefficient (Wildman–Crippen LogP) is 3.91. The number of nitrogens with one attached hydrogen (secondary N) is 1. The van der Waals surface area contributed by atoms with Crippen LogP contribution in [0.15, 0.2) is 34.2 Å². The van der Waals surface area contributed by atoms with E-state index in [2.05, 4.69) is 57.7 Å². The number of guanidine groups is 1. The van der Waals surface area contributed by atoms with E-state index in [4.69, 9.17) is 0 Å². The van der Waals surface area contributed by atoms with Crippen molar-refractivity contribution in [3.05, 3.63) is 29.8 Å². The molecule has 1 aromatic rings. The number of likely N-dealkylation sites (tertiary alicyclic amines) is 1. The lowest BCUT2D eigenvalue weighted by Crippen LogP contribution is -2.39. The molecule has 0 unspecified atom stereocenters. The van der Waals surface area contributed by atoms with E-state index in [0.717, 1.165) is 19.0 Å². The average molecular weight is 476 g/mol. The van der Waals surface area contributed by atoms with Gasteiger partial charge in [0.25, 0.3) is 0 Å². The van der Waals surface area contributed by atoms with Gasteiger partial charge < -0.3 is 15.1 Å². The molecule has 2 rings (SSSR count). The number of unbranched alkanes of at least 4 members (excludes halogenated alkanes) is 1. The Kier molecular flexibility index (Phi) is 11.6. The SMILES string of the molecule is CN=C(NCCCCN1CCCC1)N(C)Cc1ccc(SC)cc1.I. The molecule has 1 N–H and O–H groups in total. The minimum atomic E-state index is 0. The highest BCUT2D eigenvalue weighted by Crippen LogP contribution is 2.15. The first-order valence-corrected chi connectivity index (χ1v) is 10.2. The first-order valence-electron chi connectivity index (χ1n) is 9.00. The van der Waals surface area contributed by atoms with Crippen molar-refractivity contribution in [3.63, 3.8) is 0 Å². The van der Waals surface area contributed by atoms with Gasteiger partial charge in [-0.05, 0) is 69.3 Å². The molecule has 0 aromatic heterocycles. The molecular weight excluding hydrogens is 443 g/mol. The van der Waals surface area contributed by atoms with Crippen LogP contribution in [0.3, 0.4) is 0 Å². The molecule has 1 saturated heterocycles. The fraction of sp³-hybridized carbons (Fsp3) is 0.632. The molecular formula is C19H33IN4S. The number of halogens is 1. The Labute approximate surface area is 174 Å². The molecule has 1 fully saturated rings. The van der Waals surface area contributed by atoms with Gasteiger partial charge in [-0.1, -0.05) is 12.1 Å². The third kappa shape index (κ3) is 8.17. The van der Waals surface area contributed by atoms with Crippen LogP contribution in [0.1, 0.15) is 31.2 Å². The van der Waals surface area contributed by atoms with Crippen molar-refractivity contribution in [3.8, 4) is 0 Å². The van der Waals surface area contributed by atoms with Crippen LogP contribution in [0.25, 0.3) is 0 Å². The second kappa shape index (κ2) is 12.8. The van der Waals surface area contributed by atoms with Crippen molar-refractivity contribution in [1.29, 1.82) is 0 Å². The topological polar surface area (TPSA) is 30.9 Å². The van der Waals surface area contributed by atoms with Gasteiger partial charge in [0.15, 0.2) is 5.96 Å². The zero-order valence-electron chi connectivity index (χ0n) is 15.8. The molecule has 142 valence electrons. The molecule has 0 spiro atoms. The van der Waals surface area contributed by atoms with Crippen LogP contribution in [0, 0.1) is 0 Å². The van der Waals surface area contributed by atoms with E-state index in [1.54, 1.807) is 11.8 Å². The Morgan fingerprint density at radius 2 is 1.88 bits per heavy atom. The molecule has 6 heteroatoms. The van der Waals surface area contributed by atoms with Gasteiger partial charge in [-0.3, -0.25) is 4.99 Å². The third-order valence-electron chi connectivity index (χ3n) is 4.54. The van der Waals surface area contributed by atoms with Crippen molar-refractivity contribution < 1.29 is 0 Å². The molecule has 0 aliphatic carbocycles. The highest BCUT2D eigenvalue weighted by molar-refractivity contribution is 14.0. The van der Waals surface area contributed by atoms with E-state index >= 15 is 0 Å². The van der Waals surface area contributed by atoms with E-state index in [-0.39, 0.29) is 24.0 Å². The number of rotatable bonds is 8. The van der Waals surface area contributed by atoms with Crippen molar-refractivity contribution in [2.75, 3.05) is 46.5 Å². The number of nitrogens with zero attached hydrogens (tertiary/aromatic N) is 3. The highest BCUT2D eigenvalue weighted by Gasteiger charge is 2.10. The number of aliphatic imine (C=N–C) groups is 1. The van der Waals surface area contributed by atoms with E-state index in [1.165, 1.54) is 55.8 Å². The Morgan fingerprint density at radius 1 is 1.20 bits per heavy atom. The zero-order chi connectivity index (χ0) is 17.2. The molecule has 25 heavy (non-hydrogen) atoms. The lowest BCUT2D eigenvalue weighted by atomic mass is 10.2. The van der Waals surface area contributed by atoms with Gasteiger partial charge in [-0.2, -0.15) is 0 Å². The molecule has 0 saturated carbocycles. The van der Waals surface area contributed by atoms with Gasteiger partial charge in [0.1, 0.15) is 0 Å². The quantitative estimate of drug-likeness (QED) is 0.203. The molecule has 1 aromatic carbocycles. The maximum absolute atomic E-state index is 4.41. The summed E-state index contributed by atoms with van der Waals surface area (Å²) in [6, 6.07) is 8.77. The van der Waals surface area contributed by atoms with Crippen LogP contribution in [-0.2, 0) is 6.54 Å². The summed E-state index contributed by atoms with van der Waals surface area (Å²) in [6.45, 7) is 5.72. The van der Waals surface area contributed by atoms with Crippen LogP contribution < -0.4 is 5.32 Å². The predicted molar refractivity (Wildman–Crippen MR) is 121 cm³/mol. The van der Waals surface area contributed by atoms with Gasteiger partial charge in [0.05, 0.1) is 0 Å². The summed E-state index contributed by atoms with van der Waals surface area (Å²) in [5.74, 6) is 0.977. The lowest BCUT2D eigenvalue weighted by Gasteiger charge is -2.22. The van der Waals surface area contributed by atoms with E-state index in [0.29, 0.717) is 0 Å². The van der Waals surface area contributed by atoms with Crippen LogP contribution in [0.2, 0.25) is 0 Å². The fourth-order valence-electron chi connectivity index (χ4n) is 3.13. The van der Waals surface area contributed by atoms with Crippen LogP contribution in [-0.4, -0.2) is 62.3 Å². The van der Waals surface area contributed by atoms with E-state index in [1.807, 2.05) is 7.05 Å². The van der Waals surface area contributed by atoms with Crippen molar-refractivity contribution in [2.24, 2.45) is 4.99 Å². The Morgan fingerprint density at radius 3 is 2.48 bits per heavy atom. The van der Waals surface area contributed by atoms with Gasteiger partial charge in [-0.15, -0.1) is 35.7 Å². The first-order chi connectivity index (χ1) is 11.7. The van der Waals surface area contributed by atoms with E-state index < -0.39 is 0 Å². The molecule has 1 heterocycles. The minimum absolute atomic E-state index is 0. The van der Waals surface area contributed by atoms with Gasteiger partial charge in [0.2, 0.25) is 0 Å². The Bertz CT molecular complexity index is 501. The van der Waals surface area contributed by atoms with Crippen LogP contribution in [0.5, 0.6) is 0 Å². The third-order valence-corrected chi connectivity index (χ3v) is 5.28. The average Bonchev–Trinajstić information content (AvgIpc) is 3.12. The van der Waals surface area contributed by atoms with Crippen molar-refractivity contribution in [2.45, 2.75) is 37.1 Å². The molecule has 0 amide bonds. The van der Waals surface area contributed by atoms with Gasteiger partial charge in [0, 0.05) is 32.1 Å².